The molecule has 0 atom stereocenters. The molecular formula is C12H20N2O4. The van der Waals surface area contributed by atoms with Gasteiger partial charge in [0.25, 0.3) is 0 Å². The average Bonchev–Trinajstić information content (AvgIpc) is 2.33. The van der Waals surface area contributed by atoms with E-state index in [0.717, 1.165) is 0 Å². The van der Waals surface area contributed by atoms with Gasteiger partial charge in [0.15, 0.2) is 5.75 Å². The first-order chi connectivity index (χ1) is 8.51. The van der Waals surface area contributed by atoms with Crippen LogP contribution < -0.4 is 5.43 Å². The van der Waals surface area contributed by atoms with E-state index >= 15 is 0 Å². The van der Waals surface area contributed by atoms with Gasteiger partial charge in [-0.1, -0.05) is 0 Å². The monoisotopic (exact) mass is 256 g/mol. The number of aromatic hydroxyl groups is 1. The SMILES string of the molecule is COCCn1c(CO)cc(=O)c(O)c1CN(C)C. The van der Waals surface area contributed by atoms with E-state index in [1.165, 1.54) is 6.07 Å². The first-order valence-corrected chi connectivity index (χ1v) is 5.70. The quantitative estimate of drug-likeness (QED) is 0.734. The number of methoxy groups -OCH3 is 1. The summed E-state index contributed by atoms with van der Waals surface area (Å²) < 4.78 is 6.72. The molecule has 0 unspecified atom stereocenters. The van der Waals surface area contributed by atoms with Gasteiger partial charge in [0.1, 0.15) is 0 Å². The summed E-state index contributed by atoms with van der Waals surface area (Å²) >= 11 is 0. The van der Waals surface area contributed by atoms with Gasteiger partial charge in [-0.05, 0) is 14.1 Å². The molecule has 1 aromatic heterocycles. The summed E-state index contributed by atoms with van der Waals surface area (Å²) in [6.07, 6.45) is 0. The molecule has 0 spiro atoms. The van der Waals surface area contributed by atoms with Crippen molar-refractivity contribution in [1.82, 2.24) is 9.47 Å². The van der Waals surface area contributed by atoms with E-state index in [0.29, 0.717) is 31.1 Å². The number of aliphatic hydroxyl groups is 1. The largest absolute Gasteiger partial charge is 0.503 e. The number of aliphatic hydroxyl groups excluding tert-OH is 1. The van der Waals surface area contributed by atoms with Crippen LogP contribution in [0.3, 0.4) is 0 Å². The zero-order valence-corrected chi connectivity index (χ0v) is 11.0. The highest BCUT2D eigenvalue weighted by Crippen LogP contribution is 2.16. The third-order valence-electron chi connectivity index (χ3n) is 2.62. The van der Waals surface area contributed by atoms with Crippen molar-refractivity contribution < 1.29 is 14.9 Å². The molecule has 18 heavy (non-hydrogen) atoms. The lowest BCUT2D eigenvalue weighted by molar-refractivity contribution is 0.179. The smallest absolute Gasteiger partial charge is 0.223 e. The second-order valence-electron chi connectivity index (χ2n) is 4.34. The Morgan fingerprint density at radius 2 is 2.11 bits per heavy atom. The van der Waals surface area contributed by atoms with Crippen LogP contribution in [0.2, 0.25) is 0 Å². The van der Waals surface area contributed by atoms with Crippen molar-refractivity contribution in [2.75, 3.05) is 27.8 Å². The summed E-state index contributed by atoms with van der Waals surface area (Å²) in [5.74, 6) is -0.267. The fourth-order valence-electron chi connectivity index (χ4n) is 1.79. The first-order valence-electron chi connectivity index (χ1n) is 5.70. The third-order valence-corrected chi connectivity index (χ3v) is 2.62. The molecule has 1 rings (SSSR count). The van der Waals surface area contributed by atoms with E-state index in [4.69, 9.17) is 4.74 Å². The molecule has 0 aliphatic carbocycles. The molecule has 2 N–H and O–H groups in total. The lowest BCUT2D eigenvalue weighted by Gasteiger charge is -2.20. The molecule has 0 amide bonds. The second-order valence-corrected chi connectivity index (χ2v) is 4.34. The van der Waals surface area contributed by atoms with Crippen molar-refractivity contribution in [1.29, 1.82) is 0 Å². The molecule has 0 fully saturated rings. The lowest BCUT2D eigenvalue weighted by Crippen LogP contribution is -2.24. The maximum Gasteiger partial charge on any atom is 0.223 e. The topological polar surface area (TPSA) is 74.9 Å². The number of hydrogen-bond acceptors (Lipinski definition) is 5. The van der Waals surface area contributed by atoms with Crippen LogP contribution in [0.25, 0.3) is 0 Å². The van der Waals surface area contributed by atoms with E-state index in [1.807, 2.05) is 19.0 Å². The van der Waals surface area contributed by atoms with Crippen LogP contribution in [-0.4, -0.2) is 47.5 Å². The minimum absolute atomic E-state index is 0.250. The summed E-state index contributed by atoms with van der Waals surface area (Å²) in [4.78, 5) is 13.4. The average molecular weight is 256 g/mol. The van der Waals surface area contributed by atoms with Gasteiger partial charge >= 0.3 is 0 Å². The molecule has 0 aliphatic heterocycles. The Hall–Kier alpha value is -1.37. The molecule has 6 nitrogen and oxygen atoms in total. The summed E-state index contributed by atoms with van der Waals surface area (Å²) in [5.41, 5.74) is 0.505. The van der Waals surface area contributed by atoms with Crippen molar-refractivity contribution in [2.45, 2.75) is 19.7 Å². The first kappa shape index (κ1) is 14.7. The van der Waals surface area contributed by atoms with Gasteiger partial charge in [-0.2, -0.15) is 0 Å². The van der Waals surface area contributed by atoms with Crippen LogP contribution in [0, 0.1) is 0 Å². The van der Waals surface area contributed by atoms with Crippen molar-refractivity contribution in [3.63, 3.8) is 0 Å². The van der Waals surface area contributed by atoms with E-state index < -0.39 is 5.43 Å². The predicted octanol–water partition coefficient (Wildman–Crippen LogP) is -0.246. The van der Waals surface area contributed by atoms with Gasteiger partial charge in [-0.25, -0.2) is 0 Å². The Morgan fingerprint density at radius 1 is 1.44 bits per heavy atom. The van der Waals surface area contributed by atoms with Crippen molar-refractivity contribution in [3.05, 3.63) is 27.7 Å². The molecule has 0 aliphatic rings. The highest BCUT2D eigenvalue weighted by atomic mass is 16.5. The Labute approximate surface area is 106 Å². The van der Waals surface area contributed by atoms with Gasteiger partial charge in [0.05, 0.1) is 18.9 Å². The maximum absolute atomic E-state index is 11.6. The molecule has 0 saturated heterocycles. The highest BCUT2D eigenvalue weighted by Gasteiger charge is 2.15. The zero-order valence-electron chi connectivity index (χ0n) is 11.0. The summed E-state index contributed by atoms with van der Waals surface area (Å²) in [6.45, 7) is 1.08. The molecule has 0 radical (unpaired) electrons. The number of aromatic nitrogens is 1. The highest BCUT2D eigenvalue weighted by molar-refractivity contribution is 5.30. The van der Waals surface area contributed by atoms with Gasteiger partial charge in [-0.3, -0.25) is 4.79 Å². The van der Waals surface area contributed by atoms with Crippen LogP contribution in [0.4, 0.5) is 0 Å². The number of ether oxygens (including phenoxy) is 1. The minimum Gasteiger partial charge on any atom is -0.503 e. The normalized spacial score (nSPS) is 11.2. The van der Waals surface area contributed by atoms with Gasteiger partial charge in [-0.15, -0.1) is 0 Å². The fraction of sp³-hybridized carbons (Fsp3) is 0.583. The van der Waals surface area contributed by atoms with Crippen LogP contribution in [0.5, 0.6) is 5.75 Å². The Kier molecular flexibility index (Phi) is 5.33. The van der Waals surface area contributed by atoms with E-state index in [2.05, 4.69) is 0 Å². The van der Waals surface area contributed by atoms with Gasteiger partial charge in [0.2, 0.25) is 5.43 Å². The lowest BCUT2D eigenvalue weighted by atomic mass is 10.2. The summed E-state index contributed by atoms with van der Waals surface area (Å²) in [6, 6.07) is 1.25. The number of nitrogens with zero attached hydrogens (tertiary/aromatic N) is 2. The van der Waals surface area contributed by atoms with E-state index in [1.54, 1.807) is 11.7 Å². The maximum atomic E-state index is 11.6. The number of rotatable bonds is 6. The van der Waals surface area contributed by atoms with Crippen LogP contribution in [0.15, 0.2) is 10.9 Å². The van der Waals surface area contributed by atoms with Crippen molar-refractivity contribution in [3.8, 4) is 5.75 Å². The van der Waals surface area contributed by atoms with Crippen molar-refractivity contribution >= 4 is 0 Å². The van der Waals surface area contributed by atoms with Crippen LogP contribution in [0.1, 0.15) is 11.4 Å². The zero-order chi connectivity index (χ0) is 13.7. The van der Waals surface area contributed by atoms with E-state index in [9.17, 15) is 15.0 Å². The number of pyridine rings is 1. The summed E-state index contributed by atoms with van der Waals surface area (Å²) in [5, 5.41) is 19.2. The van der Waals surface area contributed by atoms with Crippen LogP contribution >= 0.6 is 0 Å². The van der Waals surface area contributed by atoms with Gasteiger partial charge < -0.3 is 24.4 Å². The number of hydrogen-bond donors (Lipinski definition) is 2. The Bertz CT molecular complexity index is 454. The van der Waals surface area contributed by atoms with Crippen LogP contribution in [-0.2, 0) is 24.4 Å². The molecule has 0 bridgehead atoms. The third kappa shape index (κ3) is 3.32. The molecule has 102 valence electrons. The van der Waals surface area contributed by atoms with Gasteiger partial charge in [0, 0.05) is 32.0 Å². The Balaban J connectivity index is 3.30. The fourth-order valence-corrected chi connectivity index (χ4v) is 1.79. The molecular weight excluding hydrogens is 236 g/mol. The molecule has 1 aromatic rings. The Morgan fingerprint density at radius 3 is 2.61 bits per heavy atom. The standard InChI is InChI=1S/C12H20N2O4/c1-13(2)7-10-12(17)11(16)6-9(8-15)14(10)4-5-18-3/h6,15,17H,4-5,7-8H2,1-3H3. The minimum atomic E-state index is -0.468. The van der Waals surface area contributed by atoms with Crippen molar-refractivity contribution in [2.24, 2.45) is 0 Å². The second kappa shape index (κ2) is 6.53. The molecule has 1 heterocycles. The summed E-state index contributed by atoms with van der Waals surface area (Å²) in [7, 11) is 5.26. The molecule has 0 aromatic carbocycles. The molecule has 0 saturated carbocycles. The molecule has 6 heteroatoms. The predicted molar refractivity (Wildman–Crippen MR) is 67.6 cm³/mol. The van der Waals surface area contributed by atoms with E-state index in [-0.39, 0.29) is 12.4 Å².